The van der Waals surface area contributed by atoms with Crippen LogP contribution in [0.5, 0.6) is 0 Å². The van der Waals surface area contributed by atoms with Gasteiger partial charge in [-0.1, -0.05) is 91.5 Å². The largest absolute Gasteiger partial charge is 0.416 e. The smallest absolute Gasteiger partial charge is 0.287 e. The lowest BCUT2D eigenvalue weighted by molar-refractivity contribution is -0.719. The molecule has 6 rings (SSSR count). The lowest BCUT2D eigenvalue weighted by Crippen LogP contribution is -2.75. The minimum atomic E-state index is -6.13. The zero-order valence-electron chi connectivity index (χ0n) is 35.3. The number of Topliss-reactive ketones (excluding diaryl/α,β-unsaturated/α-hetero) is 1. The predicted octanol–water partition coefficient (Wildman–Crippen LogP) is 13.4. The van der Waals surface area contributed by atoms with Gasteiger partial charge in [-0.15, -0.1) is 0 Å². The maximum Gasteiger partial charge on any atom is 0.416 e. The highest BCUT2D eigenvalue weighted by molar-refractivity contribution is 7.80. The summed E-state index contributed by atoms with van der Waals surface area (Å²) in [4.78, 5) is 11.9. The van der Waals surface area contributed by atoms with Crippen LogP contribution in [0.25, 0.3) is 0 Å². The van der Waals surface area contributed by atoms with Crippen molar-refractivity contribution in [2.24, 2.45) is 0 Å². The standard InChI is InChI=1S/C32H12BF24.C13H11NOS/c34-25(35,36)13-1-14(26(37,38)39)6-21(5-13)33(22-7-15(27(40,41)42)2-16(8-22)28(43,44)45,23-9-17(29(46,47)48)3-18(10-23)30(49,50)51)24-11-19(31(52,53)54)4-20(12-24)32(55,56)57;15-12(11-6-2-1-3-7-11)10-14-9-5-4-8-13(14)16/h1-12H;1-9H,10H2/q-1;/p+1. The maximum atomic E-state index is 14.2. The summed E-state index contributed by atoms with van der Waals surface area (Å²) in [5, 5.41) is 0.784. The third kappa shape index (κ3) is 13.4. The third-order valence-corrected chi connectivity index (χ3v) is 11.2. The number of thiol groups is 1. The van der Waals surface area contributed by atoms with E-state index in [2.05, 4.69) is 12.6 Å². The van der Waals surface area contributed by atoms with E-state index in [-0.39, 0.29) is 5.78 Å². The van der Waals surface area contributed by atoms with E-state index in [1.54, 1.807) is 0 Å². The van der Waals surface area contributed by atoms with E-state index in [9.17, 15) is 110 Å². The molecule has 0 amide bonds. The zero-order valence-corrected chi connectivity index (χ0v) is 36.2. The molecule has 28 heteroatoms. The number of rotatable bonds is 7. The molecular formula is C45H24BF24NOS. The Morgan fingerprint density at radius 1 is 0.356 bits per heavy atom. The van der Waals surface area contributed by atoms with Crippen molar-refractivity contribution in [2.75, 3.05) is 0 Å². The summed E-state index contributed by atoms with van der Waals surface area (Å²) < 4.78 is 343. The number of pyridine rings is 1. The van der Waals surface area contributed by atoms with E-state index in [1.165, 1.54) is 0 Å². The molecular weight excluding hydrogens is 1070 g/mol. The highest BCUT2D eigenvalue weighted by atomic mass is 32.1. The van der Waals surface area contributed by atoms with Gasteiger partial charge in [-0.05, 0) is 30.3 Å². The van der Waals surface area contributed by atoms with Crippen LogP contribution in [0.2, 0.25) is 0 Å². The van der Waals surface area contributed by atoms with Crippen molar-refractivity contribution >= 4 is 46.4 Å². The lowest BCUT2D eigenvalue weighted by atomic mass is 9.12. The van der Waals surface area contributed by atoms with Crippen LogP contribution in [0, 0.1) is 0 Å². The molecule has 6 aromatic rings. The normalized spacial score (nSPS) is 13.4. The molecule has 392 valence electrons. The topological polar surface area (TPSA) is 20.9 Å². The molecule has 0 unspecified atom stereocenters. The number of alkyl halides is 24. The van der Waals surface area contributed by atoms with E-state index in [0.717, 1.165) is 10.6 Å². The molecule has 0 radical (unpaired) electrons. The van der Waals surface area contributed by atoms with Gasteiger partial charge in [0.25, 0.3) is 0 Å². The van der Waals surface area contributed by atoms with Gasteiger partial charge in [0.1, 0.15) is 6.15 Å². The van der Waals surface area contributed by atoms with Crippen molar-refractivity contribution in [3.05, 3.63) is 178 Å². The fourth-order valence-electron chi connectivity index (χ4n) is 7.54. The van der Waals surface area contributed by atoms with Gasteiger partial charge in [0.05, 0.1) is 44.5 Å². The average Bonchev–Trinajstić information content (AvgIpc) is 3.25. The van der Waals surface area contributed by atoms with E-state index >= 15 is 0 Å². The van der Waals surface area contributed by atoms with Crippen molar-refractivity contribution in [3.8, 4) is 0 Å². The minimum Gasteiger partial charge on any atom is -0.287 e. The number of halogens is 24. The van der Waals surface area contributed by atoms with Crippen molar-refractivity contribution in [2.45, 2.75) is 61.0 Å². The molecule has 0 aliphatic rings. The molecule has 0 aliphatic heterocycles. The summed E-state index contributed by atoms with van der Waals surface area (Å²) in [6.45, 7) is 0.323. The molecule has 0 N–H and O–H groups in total. The fourth-order valence-corrected chi connectivity index (χ4v) is 7.77. The number of carbonyl (C=O) groups excluding carboxylic acids is 1. The van der Waals surface area contributed by atoms with E-state index in [4.69, 9.17) is 0 Å². The predicted molar refractivity (Wildman–Crippen MR) is 215 cm³/mol. The summed E-state index contributed by atoms with van der Waals surface area (Å²) in [5.74, 6) is 0.0899. The molecule has 0 fully saturated rings. The van der Waals surface area contributed by atoms with Gasteiger partial charge in [-0.2, -0.15) is 132 Å². The van der Waals surface area contributed by atoms with Gasteiger partial charge in [0.2, 0.25) is 17.4 Å². The van der Waals surface area contributed by atoms with E-state index in [1.807, 2.05) is 59.3 Å². The van der Waals surface area contributed by atoms with Crippen LogP contribution in [-0.2, 0) is 56.0 Å². The van der Waals surface area contributed by atoms with Gasteiger partial charge in [0.15, 0.2) is 6.20 Å². The Bertz CT molecular complexity index is 2530. The molecule has 0 aliphatic carbocycles. The SMILES string of the molecule is FC(F)(F)c1cc([B-](c2cc(C(F)(F)F)cc(C(F)(F)F)c2)(c2cc(C(F)(F)F)cc(C(F)(F)F)c2)c2cc(C(F)(F)F)cc(C(F)(F)F)c2)cc(C(F)(F)F)c1.O=C(C[n+]1ccccc1S)c1ccccc1. The third-order valence-electron chi connectivity index (χ3n) is 10.8. The van der Waals surface area contributed by atoms with Crippen molar-refractivity contribution in [1.29, 1.82) is 0 Å². The first kappa shape index (κ1) is 57.6. The monoisotopic (exact) mass is 1090 g/mol. The van der Waals surface area contributed by atoms with Crippen LogP contribution in [-0.4, -0.2) is 11.9 Å². The quantitative estimate of drug-likeness (QED) is 0.0556. The molecule has 0 spiro atoms. The number of hydrogen-bond donors (Lipinski definition) is 1. The maximum absolute atomic E-state index is 14.2. The number of benzene rings is 5. The van der Waals surface area contributed by atoms with Crippen LogP contribution in [0.15, 0.2) is 133 Å². The molecule has 5 aromatic carbocycles. The molecule has 73 heavy (non-hydrogen) atoms. The van der Waals surface area contributed by atoms with Gasteiger partial charge in [0, 0.05) is 17.7 Å². The summed E-state index contributed by atoms with van der Waals surface area (Å²) >= 11 is 4.30. The number of carbonyl (C=O) groups is 1. The zero-order chi connectivity index (χ0) is 55.3. The molecule has 1 heterocycles. The second kappa shape index (κ2) is 19.8. The first-order valence-electron chi connectivity index (χ1n) is 19.6. The number of aromatic nitrogens is 1. The van der Waals surface area contributed by atoms with Gasteiger partial charge in [-0.25, -0.2) is 0 Å². The Morgan fingerprint density at radius 2 is 0.589 bits per heavy atom. The first-order valence-corrected chi connectivity index (χ1v) is 20.1. The molecule has 0 saturated carbocycles. The molecule has 2 nitrogen and oxygen atoms in total. The van der Waals surface area contributed by atoms with Gasteiger partial charge in [-0.3, -0.25) is 4.79 Å². The summed E-state index contributed by atoms with van der Waals surface area (Å²) in [6, 6.07) is 6.11. The number of hydrogen-bond acceptors (Lipinski definition) is 2. The summed E-state index contributed by atoms with van der Waals surface area (Å²) in [6.07, 6.45) is -53.0. The van der Waals surface area contributed by atoms with Crippen molar-refractivity contribution in [3.63, 3.8) is 0 Å². The highest BCUT2D eigenvalue weighted by Gasteiger charge is 2.47. The van der Waals surface area contributed by atoms with Crippen molar-refractivity contribution < 1.29 is 115 Å². The lowest BCUT2D eigenvalue weighted by Gasteiger charge is -2.46. The van der Waals surface area contributed by atoms with Crippen LogP contribution in [0.1, 0.15) is 54.9 Å². The fraction of sp³-hybridized carbons (Fsp3) is 0.200. The second-order valence-corrected chi connectivity index (χ2v) is 16.2. The molecule has 0 atom stereocenters. The van der Waals surface area contributed by atoms with Crippen LogP contribution in [0.4, 0.5) is 105 Å². The average molecular weight is 1090 g/mol. The number of ketones is 1. The Labute approximate surface area is 399 Å². The summed E-state index contributed by atoms with van der Waals surface area (Å²) in [5.41, 5.74) is -29.5. The minimum absolute atomic E-state index is 0.0899. The molecule has 0 bridgehead atoms. The van der Waals surface area contributed by atoms with Crippen molar-refractivity contribution in [1.82, 2.24) is 0 Å². The Morgan fingerprint density at radius 3 is 0.808 bits per heavy atom. The molecule has 0 saturated heterocycles. The van der Waals surface area contributed by atoms with Crippen LogP contribution >= 0.6 is 12.6 Å². The van der Waals surface area contributed by atoms with Crippen LogP contribution < -0.4 is 26.4 Å². The number of nitrogens with zero attached hydrogens (tertiary/aromatic N) is 1. The molecule has 1 aromatic heterocycles. The Kier molecular flexibility index (Phi) is 15.6. The Hall–Kier alpha value is -6.35. The second-order valence-electron chi connectivity index (χ2n) is 15.7. The highest BCUT2D eigenvalue weighted by Crippen LogP contribution is 2.41. The van der Waals surface area contributed by atoms with E-state index < -0.39 is 195 Å². The summed E-state index contributed by atoms with van der Waals surface area (Å²) in [7, 11) is 0. The van der Waals surface area contributed by atoms with Crippen LogP contribution in [0.3, 0.4) is 0 Å². The van der Waals surface area contributed by atoms with Gasteiger partial charge >= 0.3 is 49.4 Å². The first-order chi connectivity index (χ1) is 33.0. The van der Waals surface area contributed by atoms with E-state index in [0.29, 0.717) is 6.54 Å². The van der Waals surface area contributed by atoms with Gasteiger partial charge < -0.3 is 0 Å². The Balaban J connectivity index is 0.000000520.